The highest BCUT2D eigenvalue weighted by molar-refractivity contribution is 5.93. The van der Waals surface area contributed by atoms with Crippen LogP contribution in [0.25, 0.3) is 5.69 Å². The van der Waals surface area contributed by atoms with Gasteiger partial charge in [0, 0.05) is 38.0 Å². The largest absolute Gasteiger partial charge is 0.481 e. The fourth-order valence-electron chi connectivity index (χ4n) is 3.14. The number of methoxy groups -OCH3 is 1. The summed E-state index contributed by atoms with van der Waals surface area (Å²) in [6, 6.07) is 6.84. The van der Waals surface area contributed by atoms with Gasteiger partial charge < -0.3 is 14.7 Å². The first-order valence-electron chi connectivity index (χ1n) is 8.25. The van der Waals surface area contributed by atoms with Crippen LogP contribution >= 0.6 is 0 Å². The zero-order valence-electron chi connectivity index (χ0n) is 14.5. The summed E-state index contributed by atoms with van der Waals surface area (Å²) in [5.41, 5.74) is 0.694. The number of hydrogen-bond acceptors (Lipinski definition) is 6. The molecule has 0 radical (unpaired) electrons. The molecule has 1 aliphatic rings. The average molecular weight is 374 g/mol. The van der Waals surface area contributed by atoms with Crippen molar-refractivity contribution >= 4 is 17.6 Å². The lowest BCUT2D eigenvalue weighted by molar-refractivity contribution is -0.384. The molecule has 1 saturated heterocycles. The second kappa shape index (κ2) is 7.54. The van der Waals surface area contributed by atoms with Crippen molar-refractivity contribution in [1.82, 2.24) is 14.7 Å². The Kier molecular flexibility index (Phi) is 5.17. The van der Waals surface area contributed by atoms with Crippen molar-refractivity contribution in [3.05, 3.63) is 52.3 Å². The molecule has 0 spiro atoms. The van der Waals surface area contributed by atoms with Crippen LogP contribution in [0.3, 0.4) is 0 Å². The zero-order chi connectivity index (χ0) is 19.6. The standard InChI is InChI=1S/C17H18N4O6/c1-27-14-8-13(9-16(22)23)19(10-14)17(24)15-6-7-20(18-15)11-2-4-12(5-3-11)21(25)26/h2-7,13-14H,8-10H2,1H3,(H,22,23). The molecule has 1 aromatic heterocycles. The van der Waals surface area contributed by atoms with E-state index in [1.165, 1.54) is 47.0 Å². The van der Waals surface area contributed by atoms with E-state index in [2.05, 4.69) is 5.10 Å². The van der Waals surface area contributed by atoms with Crippen LogP contribution < -0.4 is 0 Å². The maximum absolute atomic E-state index is 12.8. The molecule has 142 valence electrons. The van der Waals surface area contributed by atoms with Gasteiger partial charge in [-0.15, -0.1) is 0 Å². The van der Waals surface area contributed by atoms with Crippen LogP contribution in [-0.4, -0.2) is 62.4 Å². The minimum atomic E-state index is -0.981. The van der Waals surface area contributed by atoms with E-state index < -0.39 is 16.9 Å². The molecule has 1 N–H and O–H groups in total. The van der Waals surface area contributed by atoms with Gasteiger partial charge in [0.25, 0.3) is 11.6 Å². The SMILES string of the molecule is COC1CC(CC(=O)O)N(C(=O)c2ccn(-c3ccc([N+](=O)[O-])cc3)n2)C1. The van der Waals surface area contributed by atoms with Gasteiger partial charge in [-0.3, -0.25) is 19.7 Å². The Labute approximate surface area is 154 Å². The van der Waals surface area contributed by atoms with Crippen molar-refractivity contribution < 1.29 is 24.4 Å². The van der Waals surface area contributed by atoms with Crippen molar-refractivity contribution in [3.8, 4) is 5.69 Å². The van der Waals surface area contributed by atoms with E-state index in [1.807, 2.05) is 0 Å². The van der Waals surface area contributed by atoms with Gasteiger partial charge in [-0.1, -0.05) is 0 Å². The molecule has 1 amide bonds. The van der Waals surface area contributed by atoms with Crippen molar-refractivity contribution in [2.45, 2.75) is 25.0 Å². The molecule has 2 heterocycles. The summed E-state index contributed by atoms with van der Waals surface area (Å²) in [6.07, 6.45) is 1.66. The van der Waals surface area contributed by atoms with Crippen molar-refractivity contribution in [2.75, 3.05) is 13.7 Å². The minimum Gasteiger partial charge on any atom is -0.481 e. The van der Waals surface area contributed by atoms with E-state index in [1.54, 1.807) is 6.20 Å². The third-order valence-corrected chi connectivity index (χ3v) is 4.51. The predicted octanol–water partition coefficient (Wildman–Crippen LogP) is 1.48. The van der Waals surface area contributed by atoms with E-state index in [0.29, 0.717) is 18.7 Å². The van der Waals surface area contributed by atoms with Crippen LogP contribution in [0.1, 0.15) is 23.3 Å². The predicted molar refractivity (Wildman–Crippen MR) is 92.7 cm³/mol. The van der Waals surface area contributed by atoms with Crippen LogP contribution in [0.2, 0.25) is 0 Å². The Morgan fingerprint density at radius 2 is 2.04 bits per heavy atom. The molecule has 1 aromatic carbocycles. The second-order valence-corrected chi connectivity index (χ2v) is 6.22. The number of nitro benzene ring substituents is 1. The quantitative estimate of drug-likeness (QED) is 0.599. The lowest BCUT2D eigenvalue weighted by atomic mass is 10.1. The van der Waals surface area contributed by atoms with Crippen LogP contribution in [0.4, 0.5) is 5.69 Å². The minimum absolute atomic E-state index is 0.0404. The Hall–Kier alpha value is -3.27. The molecule has 2 unspecified atom stereocenters. The number of aliphatic carboxylic acids is 1. The van der Waals surface area contributed by atoms with Gasteiger partial charge in [0.05, 0.1) is 23.1 Å². The lowest BCUT2D eigenvalue weighted by Crippen LogP contribution is -2.37. The number of aromatic nitrogens is 2. The molecule has 10 heteroatoms. The number of nitrogens with zero attached hydrogens (tertiary/aromatic N) is 4. The van der Waals surface area contributed by atoms with E-state index in [0.717, 1.165) is 0 Å². The van der Waals surface area contributed by atoms with Crippen molar-refractivity contribution in [1.29, 1.82) is 0 Å². The number of hydrogen-bond donors (Lipinski definition) is 1. The van der Waals surface area contributed by atoms with Crippen LogP contribution in [0.5, 0.6) is 0 Å². The Balaban J connectivity index is 1.79. The Morgan fingerprint density at radius 3 is 2.63 bits per heavy atom. The number of amides is 1. The van der Waals surface area contributed by atoms with Crippen molar-refractivity contribution in [3.63, 3.8) is 0 Å². The highest BCUT2D eigenvalue weighted by atomic mass is 16.6. The summed E-state index contributed by atoms with van der Waals surface area (Å²) in [6.45, 7) is 0.303. The number of non-ortho nitro benzene ring substituents is 1. The van der Waals surface area contributed by atoms with E-state index in [-0.39, 0.29) is 29.8 Å². The molecule has 10 nitrogen and oxygen atoms in total. The van der Waals surface area contributed by atoms with E-state index >= 15 is 0 Å². The van der Waals surface area contributed by atoms with Gasteiger partial charge in [0.15, 0.2) is 5.69 Å². The number of carbonyl (C=O) groups is 2. The summed E-state index contributed by atoms with van der Waals surface area (Å²) in [5.74, 6) is -1.35. The first kappa shape index (κ1) is 18.5. The van der Waals surface area contributed by atoms with Crippen molar-refractivity contribution in [2.24, 2.45) is 0 Å². The number of benzene rings is 1. The van der Waals surface area contributed by atoms with E-state index in [9.17, 15) is 19.7 Å². The average Bonchev–Trinajstić information content (AvgIpc) is 3.28. The Bertz CT molecular complexity index is 863. The Morgan fingerprint density at radius 1 is 1.33 bits per heavy atom. The molecule has 2 atom stereocenters. The summed E-state index contributed by atoms with van der Waals surface area (Å²) in [5, 5.41) is 24.0. The molecule has 0 saturated carbocycles. The van der Waals surface area contributed by atoms with Crippen LogP contribution in [-0.2, 0) is 9.53 Å². The molecule has 2 aromatic rings. The van der Waals surface area contributed by atoms with Gasteiger partial charge in [-0.05, 0) is 24.6 Å². The van der Waals surface area contributed by atoms with Crippen LogP contribution in [0.15, 0.2) is 36.5 Å². The molecule has 0 aliphatic carbocycles. The number of nitro groups is 1. The second-order valence-electron chi connectivity index (χ2n) is 6.22. The summed E-state index contributed by atoms with van der Waals surface area (Å²) >= 11 is 0. The van der Waals surface area contributed by atoms with Gasteiger partial charge in [0.1, 0.15) is 0 Å². The first-order valence-corrected chi connectivity index (χ1v) is 8.25. The maximum atomic E-state index is 12.8. The molecular weight excluding hydrogens is 356 g/mol. The first-order chi connectivity index (χ1) is 12.9. The van der Waals surface area contributed by atoms with Gasteiger partial charge >= 0.3 is 5.97 Å². The molecule has 27 heavy (non-hydrogen) atoms. The molecule has 1 aliphatic heterocycles. The van der Waals surface area contributed by atoms with Gasteiger partial charge in [-0.25, -0.2) is 4.68 Å². The number of carboxylic acid groups (broad SMARTS) is 1. The smallest absolute Gasteiger partial charge is 0.305 e. The maximum Gasteiger partial charge on any atom is 0.305 e. The fraction of sp³-hybridized carbons (Fsp3) is 0.353. The number of rotatable bonds is 6. The highest BCUT2D eigenvalue weighted by Gasteiger charge is 2.37. The molecule has 0 bridgehead atoms. The fourth-order valence-corrected chi connectivity index (χ4v) is 3.14. The number of ether oxygens (including phenoxy) is 1. The van der Waals surface area contributed by atoms with Crippen LogP contribution in [0, 0.1) is 10.1 Å². The molecule has 3 rings (SSSR count). The number of carbonyl (C=O) groups excluding carboxylic acids is 1. The van der Waals surface area contributed by atoms with Gasteiger partial charge in [-0.2, -0.15) is 5.10 Å². The van der Waals surface area contributed by atoms with Gasteiger partial charge in [0.2, 0.25) is 0 Å². The molecule has 1 fully saturated rings. The summed E-state index contributed by atoms with van der Waals surface area (Å²) < 4.78 is 6.71. The lowest BCUT2D eigenvalue weighted by Gasteiger charge is -2.22. The monoisotopic (exact) mass is 374 g/mol. The number of likely N-dealkylation sites (tertiary alicyclic amines) is 1. The number of carboxylic acids is 1. The molecular formula is C17H18N4O6. The van der Waals surface area contributed by atoms with E-state index in [4.69, 9.17) is 9.84 Å². The third-order valence-electron chi connectivity index (χ3n) is 4.51. The topological polar surface area (TPSA) is 128 Å². The zero-order valence-corrected chi connectivity index (χ0v) is 14.5. The third kappa shape index (κ3) is 3.95. The normalized spacial score (nSPS) is 19.2. The summed E-state index contributed by atoms with van der Waals surface area (Å²) in [7, 11) is 1.53. The summed E-state index contributed by atoms with van der Waals surface area (Å²) in [4.78, 5) is 35.6. The highest BCUT2D eigenvalue weighted by Crippen LogP contribution is 2.24.